The molecule has 6 nitrogen and oxygen atoms in total. The van der Waals surface area contributed by atoms with Gasteiger partial charge in [0.2, 0.25) is 0 Å². The van der Waals surface area contributed by atoms with Crippen LogP contribution in [-0.2, 0) is 13.1 Å². The van der Waals surface area contributed by atoms with Gasteiger partial charge in [0.05, 0.1) is 12.4 Å². The third-order valence-corrected chi connectivity index (χ3v) is 5.77. The molecular weight excluding hydrogens is 348 g/mol. The molecule has 0 spiro atoms. The summed E-state index contributed by atoms with van der Waals surface area (Å²) in [5.74, 6) is 1.61. The van der Waals surface area contributed by atoms with Gasteiger partial charge in [-0.2, -0.15) is 0 Å². The fraction of sp³-hybridized carbons (Fsp3) is 0.545. The SMILES string of the molecule is CCN(C)Cc1cccc(CNC(=NC)N2CCC(C)C(n3ccnc3)C2)c1. The maximum Gasteiger partial charge on any atom is 0.193 e. The first-order valence-electron chi connectivity index (χ1n) is 10.3. The molecule has 0 aliphatic carbocycles. The second-order valence-electron chi connectivity index (χ2n) is 7.84. The van der Waals surface area contributed by atoms with Crippen molar-refractivity contribution in [1.82, 2.24) is 24.7 Å². The Balaban J connectivity index is 1.61. The lowest BCUT2D eigenvalue weighted by molar-refractivity contribution is 0.189. The van der Waals surface area contributed by atoms with Gasteiger partial charge in [0.25, 0.3) is 0 Å². The number of aliphatic imine (C=N–C) groups is 1. The highest BCUT2D eigenvalue weighted by Gasteiger charge is 2.28. The van der Waals surface area contributed by atoms with Gasteiger partial charge in [-0.05, 0) is 37.1 Å². The second-order valence-corrected chi connectivity index (χ2v) is 7.84. The van der Waals surface area contributed by atoms with Gasteiger partial charge in [-0.25, -0.2) is 4.98 Å². The van der Waals surface area contributed by atoms with Crippen LogP contribution < -0.4 is 5.32 Å². The second kappa shape index (κ2) is 9.73. The zero-order valence-corrected chi connectivity index (χ0v) is 17.7. The monoisotopic (exact) mass is 382 g/mol. The highest BCUT2D eigenvalue weighted by molar-refractivity contribution is 5.80. The Hall–Kier alpha value is -2.34. The Morgan fingerprint density at radius 3 is 2.89 bits per heavy atom. The van der Waals surface area contributed by atoms with E-state index in [2.05, 4.69) is 81.0 Å². The number of piperidine rings is 1. The van der Waals surface area contributed by atoms with Crippen molar-refractivity contribution >= 4 is 5.96 Å². The van der Waals surface area contributed by atoms with E-state index >= 15 is 0 Å². The molecule has 0 saturated carbocycles. The number of likely N-dealkylation sites (tertiary alicyclic amines) is 1. The maximum atomic E-state index is 4.55. The van der Waals surface area contributed by atoms with Gasteiger partial charge in [0.1, 0.15) is 0 Å². The van der Waals surface area contributed by atoms with Crippen molar-refractivity contribution in [1.29, 1.82) is 0 Å². The molecule has 2 aromatic rings. The zero-order valence-electron chi connectivity index (χ0n) is 17.7. The summed E-state index contributed by atoms with van der Waals surface area (Å²) in [6, 6.07) is 9.26. The smallest absolute Gasteiger partial charge is 0.193 e. The Kier molecular flexibility index (Phi) is 7.09. The lowest BCUT2D eigenvalue weighted by atomic mass is 9.93. The van der Waals surface area contributed by atoms with Crippen molar-refractivity contribution in [3.05, 3.63) is 54.1 Å². The summed E-state index contributed by atoms with van der Waals surface area (Å²) >= 11 is 0. The largest absolute Gasteiger partial charge is 0.352 e. The van der Waals surface area contributed by atoms with Crippen LogP contribution in [0.25, 0.3) is 0 Å². The molecule has 0 amide bonds. The van der Waals surface area contributed by atoms with Crippen LogP contribution in [-0.4, -0.2) is 59.0 Å². The molecule has 152 valence electrons. The molecule has 1 saturated heterocycles. The molecule has 2 heterocycles. The van der Waals surface area contributed by atoms with Gasteiger partial charge in [0, 0.05) is 45.6 Å². The van der Waals surface area contributed by atoms with Gasteiger partial charge in [0.15, 0.2) is 5.96 Å². The molecule has 2 atom stereocenters. The molecule has 3 rings (SSSR count). The minimum absolute atomic E-state index is 0.433. The van der Waals surface area contributed by atoms with E-state index in [1.165, 1.54) is 11.1 Å². The molecule has 6 heteroatoms. The van der Waals surface area contributed by atoms with Crippen LogP contribution in [0.2, 0.25) is 0 Å². The summed E-state index contributed by atoms with van der Waals surface area (Å²) in [5, 5.41) is 3.57. The molecule has 0 bridgehead atoms. The van der Waals surface area contributed by atoms with E-state index in [9.17, 15) is 0 Å². The first-order chi connectivity index (χ1) is 13.6. The predicted molar refractivity (Wildman–Crippen MR) is 115 cm³/mol. The van der Waals surface area contributed by atoms with E-state index in [-0.39, 0.29) is 0 Å². The Labute approximate surface area is 169 Å². The highest BCUT2D eigenvalue weighted by atomic mass is 15.3. The molecule has 1 N–H and O–H groups in total. The Morgan fingerprint density at radius 1 is 1.36 bits per heavy atom. The molecule has 1 aromatic carbocycles. The summed E-state index contributed by atoms with van der Waals surface area (Å²) in [7, 11) is 4.03. The fourth-order valence-electron chi connectivity index (χ4n) is 3.87. The van der Waals surface area contributed by atoms with E-state index in [1.807, 2.05) is 19.6 Å². The molecule has 1 aliphatic rings. The van der Waals surface area contributed by atoms with Crippen molar-refractivity contribution in [2.45, 2.75) is 39.4 Å². The Bertz CT molecular complexity index is 754. The minimum Gasteiger partial charge on any atom is -0.352 e. The number of nitrogens with one attached hydrogen (secondary N) is 1. The van der Waals surface area contributed by atoms with E-state index in [0.717, 1.165) is 45.1 Å². The third kappa shape index (κ3) is 5.13. The molecule has 28 heavy (non-hydrogen) atoms. The molecule has 0 radical (unpaired) electrons. The van der Waals surface area contributed by atoms with Gasteiger partial charge in [-0.1, -0.05) is 38.1 Å². The number of nitrogens with zero attached hydrogens (tertiary/aromatic N) is 5. The number of benzene rings is 1. The van der Waals surface area contributed by atoms with Gasteiger partial charge >= 0.3 is 0 Å². The van der Waals surface area contributed by atoms with Crippen molar-refractivity contribution in [2.75, 3.05) is 33.7 Å². The van der Waals surface area contributed by atoms with Crippen LogP contribution in [0.3, 0.4) is 0 Å². The fourth-order valence-corrected chi connectivity index (χ4v) is 3.87. The van der Waals surface area contributed by atoms with Gasteiger partial charge in [-0.3, -0.25) is 4.99 Å². The topological polar surface area (TPSA) is 48.7 Å². The highest BCUT2D eigenvalue weighted by Crippen LogP contribution is 2.27. The number of imidazole rings is 1. The summed E-state index contributed by atoms with van der Waals surface area (Å²) < 4.78 is 2.23. The van der Waals surface area contributed by atoms with Crippen LogP contribution in [0.1, 0.15) is 37.4 Å². The summed E-state index contributed by atoms with van der Waals surface area (Å²) in [4.78, 5) is 13.5. The van der Waals surface area contributed by atoms with Crippen LogP contribution in [0.5, 0.6) is 0 Å². The summed E-state index contributed by atoms with van der Waals surface area (Å²) in [6.45, 7) is 9.34. The van der Waals surface area contributed by atoms with Crippen LogP contribution >= 0.6 is 0 Å². The number of aromatic nitrogens is 2. The quantitative estimate of drug-likeness (QED) is 0.616. The van der Waals surface area contributed by atoms with E-state index < -0.39 is 0 Å². The van der Waals surface area contributed by atoms with E-state index in [0.29, 0.717) is 12.0 Å². The number of guanidine groups is 1. The van der Waals surface area contributed by atoms with Crippen molar-refractivity contribution < 1.29 is 0 Å². The van der Waals surface area contributed by atoms with Crippen molar-refractivity contribution in [3.63, 3.8) is 0 Å². The molecule has 1 fully saturated rings. The van der Waals surface area contributed by atoms with Gasteiger partial charge in [-0.15, -0.1) is 0 Å². The standard InChI is InChI=1S/C22H34N6/c1-5-26(4)15-20-8-6-7-19(13-20)14-25-22(23-3)27-11-9-18(2)21(16-27)28-12-10-24-17-28/h6-8,10,12-13,17-18,21H,5,9,11,14-16H2,1-4H3,(H,23,25). The van der Waals surface area contributed by atoms with Crippen LogP contribution in [0, 0.1) is 5.92 Å². The molecule has 2 unspecified atom stereocenters. The maximum absolute atomic E-state index is 4.55. The van der Waals surface area contributed by atoms with E-state index in [4.69, 9.17) is 0 Å². The normalized spacial score (nSPS) is 20.6. The van der Waals surface area contributed by atoms with Crippen LogP contribution in [0.4, 0.5) is 0 Å². The number of rotatable bonds is 6. The van der Waals surface area contributed by atoms with Crippen LogP contribution in [0.15, 0.2) is 48.0 Å². The summed E-state index contributed by atoms with van der Waals surface area (Å²) in [5.41, 5.74) is 2.64. The van der Waals surface area contributed by atoms with Crippen molar-refractivity contribution in [2.24, 2.45) is 10.9 Å². The molecule has 1 aromatic heterocycles. The third-order valence-electron chi connectivity index (χ3n) is 5.77. The van der Waals surface area contributed by atoms with Gasteiger partial charge < -0.3 is 19.7 Å². The molecular formula is C22H34N6. The average Bonchev–Trinajstić information content (AvgIpc) is 3.24. The summed E-state index contributed by atoms with van der Waals surface area (Å²) in [6.07, 6.45) is 7.02. The lowest BCUT2D eigenvalue weighted by Gasteiger charge is -2.39. The number of hydrogen-bond acceptors (Lipinski definition) is 3. The molecule has 1 aliphatic heterocycles. The van der Waals surface area contributed by atoms with E-state index in [1.54, 1.807) is 0 Å². The first kappa shape index (κ1) is 20.4. The number of hydrogen-bond donors (Lipinski definition) is 1. The average molecular weight is 383 g/mol. The zero-order chi connectivity index (χ0) is 19.9. The Morgan fingerprint density at radius 2 is 2.18 bits per heavy atom. The lowest BCUT2D eigenvalue weighted by Crippen LogP contribution is -2.48. The predicted octanol–water partition coefficient (Wildman–Crippen LogP) is 2.99. The first-order valence-corrected chi connectivity index (χ1v) is 10.3. The van der Waals surface area contributed by atoms with Crippen molar-refractivity contribution in [3.8, 4) is 0 Å². The minimum atomic E-state index is 0.433.